The van der Waals surface area contributed by atoms with E-state index in [-0.39, 0.29) is 30.4 Å². The van der Waals surface area contributed by atoms with Crippen molar-refractivity contribution in [1.29, 1.82) is 0 Å². The molecule has 1 aromatic rings. The number of carbonyl (C=O) groups is 3. The lowest BCUT2D eigenvalue weighted by atomic mass is 9.90. The predicted molar refractivity (Wildman–Crippen MR) is 91.5 cm³/mol. The summed E-state index contributed by atoms with van der Waals surface area (Å²) in [4.78, 5) is 36.3. The molecule has 0 atom stereocenters. The summed E-state index contributed by atoms with van der Waals surface area (Å²) < 4.78 is 0. The summed E-state index contributed by atoms with van der Waals surface area (Å²) in [5.74, 6) is -0.252. The van der Waals surface area contributed by atoms with Gasteiger partial charge in [-0.05, 0) is 29.5 Å². The van der Waals surface area contributed by atoms with Gasteiger partial charge >= 0.3 is 12.1 Å². The van der Waals surface area contributed by atoms with E-state index in [1.54, 1.807) is 18.2 Å². The van der Waals surface area contributed by atoms with E-state index in [1.807, 2.05) is 6.07 Å². The van der Waals surface area contributed by atoms with Crippen molar-refractivity contribution in [3.8, 4) is 0 Å². The summed E-state index contributed by atoms with van der Waals surface area (Å²) in [5, 5.41) is 8.10. The number of urea groups is 2. The second kappa shape index (κ2) is 7.33. The van der Waals surface area contributed by atoms with Crippen LogP contribution in [0.4, 0.5) is 15.3 Å². The van der Waals surface area contributed by atoms with Crippen LogP contribution < -0.4 is 16.0 Å². The third-order valence-electron chi connectivity index (χ3n) is 4.15. The number of nitrogens with zero attached hydrogens (tertiary/aromatic N) is 1. The van der Waals surface area contributed by atoms with E-state index < -0.39 is 6.03 Å². The van der Waals surface area contributed by atoms with Crippen molar-refractivity contribution in [3.05, 3.63) is 29.8 Å². The van der Waals surface area contributed by atoms with Crippen LogP contribution in [-0.4, -0.2) is 36.0 Å². The molecule has 7 heteroatoms. The second-order valence-electron chi connectivity index (χ2n) is 6.66. The maximum Gasteiger partial charge on any atom is 0.324 e. The Hall–Kier alpha value is -2.57. The summed E-state index contributed by atoms with van der Waals surface area (Å²) in [6.07, 6.45) is 0.967. The zero-order chi connectivity index (χ0) is 17.7. The summed E-state index contributed by atoms with van der Waals surface area (Å²) in [6, 6.07) is 6.44. The van der Waals surface area contributed by atoms with E-state index >= 15 is 0 Å². The Morgan fingerprint density at radius 1 is 1.33 bits per heavy atom. The van der Waals surface area contributed by atoms with Gasteiger partial charge < -0.3 is 16.0 Å². The van der Waals surface area contributed by atoms with Gasteiger partial charge in [0, 0.05) is 12.2 Å². The minimum atomic E-state index is -0.391. The Balaban J connectivity index is 1.94. The first-order valence-electron chi connectivity index (χ1n) is 8.03. The molecule has 130 valence electrons. The van der Waals surface area contributed by atoms with Gasteiger partial charge in [-0.15, -0.1) is 0 Å². The number of anilines is 1. The summed E-state index contributed by atoms with van der Waals surface area (Å²) in [5.41, 5.74) is 1.43. The van der Waals surface area contributed by atoms with Crippen molar-refractivity contribution in [2.45, 2.75) is 33.7 Å². The molecule has 1 aliphatic heterocycles. The number of imide groups is 1. The quantitative estimate of drug-likeness (QED) is 0.698. The van der Waals surface area contributed by atoms with Crippen molar-refractivity contribution in [1.82, 2.24) is 15.5 Å². The Morgan fingerprint density at radius 3 is 2.71 bits per heavy atom. The van der Waals surface area contributed by atoms with Crippen LogP contribution in [-0.2, 0) is 11.3 Å². The highest BCUT2D eigenvalue weighted by atomic mass is 16.2. The zero-order valence-electron chi connectivity index (χ0n) is 14.3. The molecule has 7 nitrogen and oxygen atoms in total. The number of benzene rings is 1. The SMILES string of the molecule is CCC(C)(C)CNC(=O)Nc1cccc(CN2C(=O)CNC2=O)c1. The molecule has 1 aromatic carbocycles. The fourth-order valence-corrected chi connectivity index (χ4v) is 2.17. The Kier molecular flexibility index (Phi) is 5.43. The standard InChI is InChI=1S/C17H24N4O3/c1-4-17(2,3)11-19-15(23)20-13-7-5-6-12(8-13)10-21-14(22)9-18-16(21)24/h5-8H,4,9-11H2,1-3H3,(H,18,24)(H2,19,20,23). The van der Waals surface area contributed by atoms with Gasteiger partial charge in [-0.25, -0.2) is 9.59 Å². The van der Waals surface area contributed by atoms with E-state index in [0.717, 1.165) is 16.9 Å². The molecular formula is C17H24N4O3. The molecule has 1 aliphatic rings. The van der Waals surface area contributed by atoms with Gasteiger partial charge in [-0.3, -0.25) is 9.69 Å². The normalized spacial score (nSPS) is 14.5. The Labute approximate surface area is 141 Å². The third-order valence-corrected chi connectivity index (χ3v) is 4.15. The number of hydrogen-bond donors (Lipinski definition) is 3. The van der Waals surface area contributed by atoms with Crippen molar-refractivity contribution >= 4 is 23.7 Å². The minimum absolute atomic E-state index is 0.0341. The van der Waals surface area contributed by atoms with E-state index in [2.05, 4.69) is 36.7 Å². The largest absolute Gasteiger partial charge is 0.337 e. The Bertz CT molecular complexity index is 626. The van der Waals surface area contributed by atoms with Crippen LogP contribution in [0.25, 0.3) is 0 Å². The van der Waals surface area contributed by atoms with E-state index in [9.17, 15) is 14.4 Å². The van der Waals surface area contributed by atoms with Gasteiger partial charge in [-0.1, -0.05) is 32.9 Å². The van der Waals surface area contributed by atoms with Crippen molar-refractivity contribution in [2.24, 2.45) is 5.41 Å². The molecule has 1 heterocycles. The van der Waals surface area contributed by atoms with Gasteiger partial charge in [0.15, 0.2) is 0 Å². The average molecular weight is 332 g/mol. The molecule has 24 heavy (non-hydrogen) atoms. The van der Waals surface area contributed by atoms with Gasteiger partial charge in [-0.2, -0.15) is 0 Å². The summed E-state index contributed by atoms with van der Waals surface area (Å²) in [6.45, 7) is 7.06. The maximum absolute atomic E-state index is 12.0. The van der Waals surface area contributed by atoms with Crippen molar-refractivity contribution in [3.63, 3.8) is 0 Å². The Morgan fingerprint density at radius 2 is 2.08 bits per heavy atom. The number of rotatable bonds is 6. The number of amides is 5. The molecule has 1 saturated heterocycles. The molecule has 0 radical (unpaired) electrons. The maximum atomic E-state index is 12.0. The van der Waals surface area contributed by atoms with Gasteiger partial charge in [0.05, 0.1) is 13.1 Å². The molecule has 3 N–H and O–H groups in total. The number of nitrogens with one attached hydrogen (secondary N) is 3. The highest BCUT2D eigenvalue weighted by molar-refractivity contribution is 6.01. The first kappa shape index (κ1) is 17.8. The van der Waals surface area contributed by atoms with E-state index in [4.69, 9.17) is 0 Å². The summed E-state index contributed by atoms with van der Waals surface area (Å²) in [7, 11) is 0. The molecule has 0 saturated carbocycles. The molecule has 5 amide bonds. The number of hydrogen-bond acceptors (Lipinski definition) is 3. The van der Waals surface area contributed by atoms with Gasteiger partial charge in [0.1, 0.15) is 0 Å². The fourth-order valence-electron chi connectivity index (χ4n) is 2.17. The lowest BCUT2D eigenvalue weighted by Crippen LogP contribution is -2.36. The molecule has 0 unspecified atom stereocenters. The van der Waals surface area contributed by atoms with Crippen LogP contribution in [0.2, 0.25) is 0 Å². The van der Waals surface area contributed by atoms with Crippen LogP contribution >= 0.6 is 0 Å². The second-order valence-corrected chi connectivity index (χ2v) is 6.66. The van der Waals surface area contributed by atoms with Crippen LogP contribution in [0, 0.1) is 5.41 Å². The zero-order valence-corrected chi connectivity index (χ0v) is 14.3. The lowest BCUT2D eigenvalue weighted by molar-refractivity contribution is -0.125. The first-order valence-corrected chi connectivity index (χ1v) is 8.03. The van der Waals surface area contributed by atoms with Gasteiger partial charge in [0.25, 0.3) is 0 Å². The van der Waals surface area contributed by atoms with Gasteiger partial charge in [0.2, 0.25) is 5.91 Å². The highest BCUT2D eigenvalue weighted by Gasteiger charge is 2.28. The van der Waals surface area contributed by atoms with Crippen LogP contribution in [0.1, 0.15) is 32.8 Å². The molecule has 0 aromatic heterocycles. The van der Waals surface area contributed by atoms with E-state index in [0.29, 0.717) is 12.2 Å². The van der Waals surface area contributed by atoms with Crippen LogP contribution in [0.3, 0.4) is 0 Å². The molecule has 2 rings (SSSR count). The monoisotopic (exact) mass is 332 g/mol. The minimum Gasteiger partial charge on any atom is -0.337 e. The third kappa shape index (κ3) is 4.71. The molecule has 1 fully saturated rings. The first-order chi connectivity index (χ1) is 11.3. The summed E-state index contributed by atoms with van der Waals surface area (Å²) >= 11 is 0. The van der Waals surface area contributed by atoms with Crippen molar-refractivity contribution < 1.29 is 14.4 Å². The van der Waals surface area contributed by atoms with Crippen LogP contribution in [0.5, 0.6) is 0 Å². The predicted octanol–water partition coefficient (Wildman–Crippen LogP) is 2.30. The topological polar surface area (TPSA) is 90.5 Å². The smallest absolute Gasteiger partial charge is 0.324 e. The van der Waals surface area contributed by atoms with Crippen LogP contribution in [0.15, 0.2) is 24.3 Å². The fraction of sp³-hybridized carbons (Fsp3) is 0.471. The molecule has 0 bridgehead atoms. The number of carbonyl (C=O) groups excluding carboxylic acids is 3. The lowest BCUT2D eigenvalue weighted by Gasteiger charge is -2.23. The molecular weight excluding hydrogens is 308 g/mol. The molecule has 0 aliphatic carbocycles. The highest BCUT2D eigenvalue weighted by Crippen LogP contribution is 2.18. The molecule has 0 spiro atoms. The van der Waals surface area contributed by atoms with E-state index in [1.165, 1.54) is 0 Å². The van der Waals surface area contributed by atoms with Crippen molar-refractivity contribution in [2.75, 3.05) is 18.4 Å². The average Bonchev–Trinajstić information content (AvgIpc) is 2.85.